The van der Waals surface area contributed by atoms with Crippen LogP contribution in [0.4, 0.5) is 13.2 Å². The molecular weight excluding hydrogens is 292 g/mol. The molecule has 98 valence electrons. The number of alkyl halides is 3. The lowest BCUT2D eigenvalue weighted by Gasteiger charge is -2.30. The maximum absolute atomic E-state index is 13.2. The van der Waals surface area contributed by atoms with Gasteiger partial charge in [0.05, 0.1) is 6.42 Å². The zero-order valence-corrected chi connectivity index (χ0v) is 10.4. The zero-order chi connectivity index (χ0) is 13.6. The molecule has 1 aromatic rings. The fraction of sp³-hybridized carbons (Fsp3) is 0.364. The number of ether oxygens (including phenoxy) is 1. The summed E-state index contributed by atoms with van der Waals surface area (Å²) in [6, 6.07) is 3.53. The standard InChI is InChI=1S/C11H7Cl2F3O2/c12-7-3-6(4-8(13)5-7)10(11(14,15)16)2-1-9(17)18-10/h3-5H,1-2H2. The number of benzene rings is 1. The molecule has 1 aliphatic rings. The molecule has 1 fully saturated rings. The van der Waals surface area contributed by atoms with Crippen molar-refractivity contribution >= 4 is 29.2 Å². The first-order chi connectivity index (χ1) is 8.24. The van der Waals surface area contributed by atoms with Crippen LogP contribution < -0.4 is 0 Å². The Morgan fingerprint density at radius 2 is 1.72 bits per heavy atom. The Balaban J connectivity index is 2.57. The second kappa shape index (κ2) is 4.31. The van der Waals surface area contributed by atoms with Crippen molar-refractivity contribution in [2.45, 2.75) is 24.6 Å². The Labute approximate surface area is 111 Å². The monoisotopic (exact) mass is 298 g/mol. The Morgan fingerprint density at radius 1 is 1.17 bits per heavy atom. The first-order valence-corrected chi connectivity index (χ1v) is 5.75. The summed E-state index contributed by atoms with van der Waals surface area (Å²) in [6.07, 6.45) is -5.47. The average molecular weight is 299 g/mol. The van der Waals surface area contributed by atoms with E-state index in [0.717, 1.165) is 12.1 Å². The van der Waals surface area contributed by atoms with Crippen LogP contribution >= 0.6 is 23.2 Å². The van der Waals surface area contributed by atoms with Gasteiger partial charge in [-0.1, -0.05) is 23.2 Å². The fourth-order valence-electron chi connectivity index (χ4n) is 1.93. The molecule has 0 amide bonds. The summed E-state index contributed by atoms with van der Waals surface area (Å²) in [5, 5.41) is 0.119. The van der Waals surface area contributed by atoms with Crippen LogP contribution in [0.3, 0.4) is 0 Å². The van der Waals surface area contributed by atoms with Crippen LogP contribution in [0.15, 0.2) is 18.2 Å². The minimum atomic E-state index is -4.72. The van der Waals surface area contributed by atoms with Gasteiger partial charge in [-0.25, -0.2) is 0 Å². The lowest BCUT2D eigenvalue weighted by Crippen LogP contribution is -2.42. The van der Waals surface area contributed by atoms with Gasteiger partial charge in [-0.05, 0) is 18.2 Å². The van der Waals surface area contributed by atoms with E-state index in [4.69, 9.17) is 23.2 Å². The lowest BCUT2D eigenvalue weighted by molar-refractivity contribution is -0.264. The fourth-order valence-corrected chi connectivity index (χ4v) is 2.45. The van der Waals surface area contributed by atoms with Crippen LogP contribution in [0, 0.1) is 0 Å². The van der Waals surface area contributed by atoms with E-state index in [0.29, 0.717) is 0 Å². The van der Waals surface area contributed by atoms with Crippen LogP contribution in [-0.4, -0.2) is 12.1 Å². The second-order valence-corrected chi connectivity index (χ2v) is 4.83. The van der Waals surface area contributed by atoms with E-state index in [2.05, 4.69) is 4.74 Å². The summed E-state index contributed by atoms with van der Waals surface area (Å²) < 4.78 is 44.1. The zero-order valence-electron chi connectivity index (χ0n) is 8.85. The first kappa shape index (κ1) is 13.5. The highest BCUT2D eigenvalue weighted by atomic mass is 35.5. The van der Waals surface area contributed by atoms with Crippen LogP contribution in [0.2, 0.25) is 10.0 Å². The third-order valence-electron chi connectivity index (χ3n) is 2.76. The average Bonchev–Trinajstić information content (AvgIpc) is 2.59. The van der Waals surface area contributed by atoms with Crippen molar-refractivity contribution in [2.75, 3.05) is 0 Å². The quantitative estimate of drug-likeness (QED) is 0.730. The van der Waals surface area contributed by atoms with Crippen LogP contribution in [0.5, 0.6) is 0 Å². The highest BCUT2D eigenvalue weighted by Gasteiger charge is 2.62. The summed E-state index contributed by atoms with van der Waals surface area (Å²) in [7, 11) is 0. The van der Waals surface area contributed by atoms with Crippen molar-refractivity contribution in [2.24, 2.45) is 0 Å². The van der Waals surface area contributed by atoms with Crippen molar-refractivity contribution in [3.63, 3.8) is 0 Å². The van der Waals surface area contributed by atoms with Crippen molar-refractivity contribution in [1.29, 1.82) is 0 Å². The van der Waals surface area contributed by atoms with Crippen molar-refractivity contribution < 1.29 is 22.7 Å². The molecule has 0 aromatic heterocycles. The van der Waals surface area contributed by atoms with Crippen LogP contribution in [0.1, 0.15) is 18.4 Å². The molecule has 1 heterocycles. The molecule has 1 saturated heterocycles. The Morgan fingerprint density at radius 3 is 2.11 bits per heavy atom. The minimum absolute atomic E-state index is 0.0593. The SMILES string of the molecule is O=C1CCC(c2cc(Cl)cc(Cl)c2)(C(F)(F)F)O1. The first-order valence-electron chi connectivity index (χ1n) is 5.00. The lowest BCUT2D eigenvalue weighted by atomic mass is 9.90. The van der Waals surface area contributed by atoms with Gasteiger partial charge in [0.15, 0.2) is 0 Å². The van der Waals surface area contributed by atoms with E-state index in [1.165, 1.54) is 6.07 Å². The Bertz CT molecular complexity index is 481. The summed E-state index contributed by atoms with van der Waals surface area (Å²) in [5.74, 6) is -0.886. The predicted octanol–water partition coefficient (Wildman–Crippen LogP) is 4.09. The third-order valence-corrected chi connectivity index (χ3v) is 3.19. The predicted molar refractivity (Wildman–Crippen MR) is 59.5 cm³/mol. The largest absolute Gasteiger partial charge is 0.444 e. The number of hydrogen-bond acceptors (Lipinski definition) is 2. The molecule has 0 aliphatic carbocycles. The van der Waals surface area contributed by atoms with E-state index < -0.39 is 24.2 Å². The number of rotatable bonds is 1. The maximum Gasteiger partial charge on any atom is 0.432 e. The number of hydrogen-bond donors (Lipinski definition) is 0. The molecule has 18 heavy (non-hydrogen) atoms. The number of cyclic esters (lactones) is 1. The molecule has 7 heteroatoms. The third kappa shape index (κ3) is 2.17. The van der Waals surface area contributed by atoms with Crippen molar-refractivity contribution in [3.05, 3.63) is 33.8 Å². The smallest absolute Gasteiger partial charge is 0.432 e. The number of halogens is 5. The number of carbonyl (C=O) groups is 1. The molecule has 1 atom stereocenters. The molecule has 1 aromatic carbocycles. The molecule has 2 nitrogen and oxygen atoms in total. The minimum Gasteiger partial charge on any atom is -0.444 e. The van der Waals surface area contributed by atoms with Gasteiger partial charge in [0.2, 0.25) is 5.60 Å². The molecule has 2 rings (SSSR count). The van der Waals surface area contributed by atoms with Gasteiger partial charge in [0.1, 0.15) is 0 Å². The molecule has 0 radical (unpaired) electrons. The van der Waals surface area contributed by atoms with E-state index in [1.807, 2.05) is 0 Å². The molecule has 0 spiro atoms. The molecule has 1 unspecified atom stereocenters. The summed E-state index contributed by atoms with van der Waals surface area (Å²) >= 11 is 11.4. The molecular formula is C11H7Cl2F3O2. The number of carbonyl (C=O) groups excluding carboxylic acids is 1. The van der Waals surface area contributed by atoms with E-state index >= 15 is 0 Å². The van der Waals surface area contributed by atoms with E-state index in [-0.39, 0.29) is 22.0 Å². The van der Waals surface area contributed by atoms with Crippen LogP contribution in [-0.2, 0) is 15.1 Å². The Hall–Kier alpha value is -0.940. The van der Waals surface area contributed by atoms with Gasteiger partial charge in [0, 0.05) is 22.0 Å². The number of esters is 1. The second-order valence-electron chi connectivity index (χ2n) is 3.96. The molecule has 1 aliphatic heterocycles. The molecule has 0 saturated carbocycles. The van der Waals surface area contributed by atoms with E-state index in [1.54, 1.807) is 0 Å². The van der Waals surface area contributed by atoms with Gasteiger partial charge < -0.3 is 4.74 Å². The van der Waals surface area contributed by atoms with Gasteiger partial charge in [0.25, 0.3) is 0 Å². The highest BCUT2D eigenvalue weighted by Crippen LogP contribution is 2.50. The molecule has 0 N–H and O–H groups in total. The normalized spacial score (nSPS) is 24.2. The van der Waals surface area contributed by atoms with Crippen LogP contribution in [0.25, 0.3) is 0 Å². The van der Waals surface area contributed by atoms with Gasteiger partial charge >= 0.3 is 12.1 Å². The summed E-state index contributed by atoms with van der Waals surface area (Å²) in [5.41, 5.74) is -2.89. The van der Waals surface area contributed by atoms with E-state index in [9.17, 15) is 18.0 Å². The Kier molecular flexibility index (Phi) is 3.23. The molecule has 0 bridgehead atoms. The van der Waals surface area contributed by atoms with Gasteiger partial charge in [-0.3, -0.25) is 4.79 Å². The highest BCUT2D eigenvalue weighted by molar-refractivity contribution is 6.34. The summed E-state index contributed by atoms with van der Waals surface area (Å²) in [4.78, 5) is 11.1. The van der Waals surface area contributed by atoms with Crippen molar-refractivity contribution in [3.8, 4) is 0 Å². The summed E-state index contributed by atoms with van der Waals surface area (Å²) in [6.45, 7) is 0. The topological polar surface area (TPSA) is 26.3 Å². The maximum atomic E-state index is 13.2. The van der Waals surface area contributed by atoms with Gasteiger partial charge in [-0.15, -0.1) is 0 Å². The van der Waals surface area contributed by atoms with Gasteiger partial charge in [-0.2, -0.15) is 13.2 Å². The van der Waals surface area contributed by atoms with Crippen molar-refractivity contribution in [1.82, 2.24) is 0 Å².